The van der Waals surface area contributed by atoms with Crippen LogP contribution in [-0.4, -0.2) is 30.6 Å². The van der Waals surface area contributed by atoms with Gasteiger partial charge in [-0.2, -0.15) is 0 Å². The molecular formula is C12H16BrN3O. The van der Waals surface area contributed by atoms with Gasteiger partial charge in [-0.15, -0.1) is 0 Å². The van der Waals surface area contributed by atoms with E-state index in [4.69, 9.17) is 16.2 Å². The van der Waals surface area contributed by atoms with Crippen molar-refractivity contribution in [3.63, 3.8) is 0 Å². The number of nitrogens with one attached hydrogen (secondary N) is 1. The molecule has 1 fully saturated rings. The Morgan fingerprint density at radius 2 is 2.35 bits per heavy atom. The molecule has 5 heteroatoms. The smallest absolute Gasteiger partial charge is 0.126 e. The highest BCUT2D eigenvalue weighted by Gasteiger charge is 2.24. The summed E-state index contributed by atoms with van der Waals surface area (Å²) in [5.74, 6) is 0.397. The first-order valence-corrected chi connectivity index (χ1v) is 6.41. The summed E-state index contributed by atoms with van der Waals surface area (Å²) in [5.41, 5.74) is 7.34. The van der Waals surface area contributed by atoms with Crippen molar-refractivity contribution in [1.29, 1.82) is 5.41 Å². The average molecular weight is 298 g/mol. The average Bonchev–Trinajstić information content (AvgIpc) is 2.76. The molecule has 0 saturated carbocycles. The standard InChI is InChI=1S/C12H16BrN3O/c13-9-2-1-3-10(11(9)12(14)15)16-5-4-8(6-16)7-17/h1-3,8,17H,4-7H2,(H3,14,15). The van der Waals surface area contributed by atoms with E-state index in [1.165, 1.54) is 0 Å². The predicted octanol–water partition coefficient (Wildman–Crippen LogP) is 1.55. The molecule has 0 radical (unpaired) electrons. The lowest BCUT2D eigenvalue weighted by atomic mass is 10.1. The fourth-order valence-corrected chi connectivity index (χ4v) is 2.81. The van der Waals surface area contributed by atoms with E-state index in [2.05, 4.69) is 20.8 Å². The normalized spacial score (nSPS) is 19.6. The number of amidine groups is 1. The number of nitrogens with two attached hydrogens (primary N) is 1. The Morgan fingerprint density at radius 3 is 2.94 bits per heavy atom. The third kappa shape index (κ3) is 2.45. The highest BCUT2D eigenvalue weighted by atomic mass is 79.9. The molecule has 1 aromatic rings. The summed E-state index contributed by atoms with van der Waals surface area (Å²) in [7, 11) is 0. The molecular weight excluding hydrogens is 282 g/mol. The largest absolute Gasteiger partial charge is 0.396 e. The lowest BCUT2D eigenvalue weighted by Gasteiger charge is -2.22. The molecule has 0 amide bonds. The second-order valence-corrected chi connectivity index (χ2v) is 5.19. The monoisotopic (exact) mass is 297 g/mol. The molecule has 92 valence electrons. The van der Waals surface area contributed by atoms with Gasteiger partial charge in [0.25, 0.3) is 0 Å². The number of aliphatic hydroxyl groups excluding tert-OH is 1. The van der Waals surface area contributed by atoms with Crippen LogP contribution in [0.1, 0.15) is 12.0 Å². The van der Waals surface area contributed by atoms with Gasteiger partial charge in [0.15, 0.2) is 0 Å². The van der Waals surface area contributed by atoms with Crippen molar-refractivity contribution in [3.8, 4) is 0 Å². The van der Waals surface area contributed by atoms with Gasteiger partial charge in [0.05, 0.1) is 5.56 Å². The summed E-state index contributed by atoms with van der Waals surface area (Å²) in [6, 6.07) is 5.80. The molecule has 4 N–H and O–H groups in total. The Kier molecular flexibility index (Phi) is 3.69. The Balaban J connectivity index is 2.33. The first-order chi connectivity index (χ1) is 8.13. The van der Waals surface area contributed by atoms with Crippen LogP contribution in [0.5, 0.6) is 0 Å². The summed E-state index contributed by atoms with van der Waals surface area (Å²) >= 11 is 3.43. The Morgan fingerprint density at radius 1 is 1.59 bits per heavy atom. The molecule has 0 spiro atoms. The number of nitrogen functional groups attached to an aromatic ring is 1. The van der Waals surface area contributed by atoms with E-state index in [1.54, 1.807) is 0 Å². The van der Waals surface area contributed by atoms with Crippen molar-refractivity contribution < 1.29 is 5.11 Å². The molecule has 4 nitrogen and oxygen atoms in total. The molecule has 2 rings (SSSR count). The van der Waals surface area contributed by atoms with Gasteiger partial charge in [-0.05, 0) is 34.5 Å². The van der Waals surface area contributed by atoms with Gasteiger partial charge in [0.1, 0.15) is 5.84 Å². The summed E-state index contributed by atoms with van der Waals surface area (Å²) in [6.07, 6.45) is 0.986. The summed E-state index contributed by atoms with van der Waals surface area (Å²) in [6.45, 7) is 1.95. The fraction of sp³-hybridized carbons (Fsp3) is 0.417. The molecule has 0 aliphatic carbocycles. The van der Waals surface area contributed by atoms with E-state index >= 15 is 0 Å². The molecule has 1 saturated heterocycles. The number of hydrogen-bond acceptors (Lipinski definition) is 3. The van der Waals surface area contributed by atoms with Gasteiger partial charge < -0.3 is 15.7 Å². The number of aliphatic hydroxyl groups is 1. The van der Waals surface area contributed by atoms with Crippen LogP contribution in [0.25, 0.3) is 0 Å². The van der Waals surface area contributed by atoms with Crippen LogP contribution in [-0.2, 0) is 0 Å². The molecule has 1 heterocycles. The second-order valence-electron chi connectivity index (χ2n) is 4.33. The number of hydrogen-bond donors (Lipinski definition) is 3. The molecule has 1 aliphatic rings. The minimum Gasteiger partial charge on any atom is -0.396 e. The maximum Gasteiger partial charge on any atom is 0.126 e. The van der Waals surface area contributed by atoms with E-state index in [9.17, 15) is 0 Å². The van der Waals surface area contributed by atoms with E-state index in [0.29, 0.717) is 5.92 Å². The van der Waals surface area contributed by atoms with Crippen molar-refractivity contribution in [2.24, 2.45) is 11.7 Å². The van der Waals surface area contributed by atoms with Gasteiger partial charge in [-0.25, -0.2) is 0 Å². The van der Waals surface area contributed by atoms with Crippen LogP contribution in [0.4, 0.5) is 5.69 Å². The number of nitrogens with zero attached hydrogens (tertiary/aromatic N) is 1. The first kappa shape index (κ1) is 12.4. The zero-order valence-electron chi connectivity index (χ0n) is 9.49. The molecule has 1 aliphatic heterocycles. The van der Waals surface area contributed by atoms with Crippen molar-refractivity contribution in [3.05, 3.63) is 28.2 Å². The van der Waals surface area contributed by atoms with Crippen LogP contribution in [0.2, 0.25) is 0 Å². The number of anilines is 1. The summed E-state index contributed by atoms with van der Waals surface area (Å²) in [5, 5.41) is 16.8. The van der Waals surface area contributed by atoms with Crippen LogP contribution >= 0.6 is 15.9 Å². The van der Waals surface area contributed by atoms with Crippen LogP contribution in [0.3, 0.4) is 0 Å². The predicted molar refractivity (Wildman–Crippen MR) is 72.6 cm³/mol. The third-order valence-electron chi connectivity index (χ3n) is 3.15. The van der Waals surface area contributed by atoms with Crippen molar-refractivity contribution >= 4 is 27.5 Å². The maximum atomic E-state index is 9.16. The molecule has 0 aromatic heterocycles. The highest BCUT2D eigenvalue weighted by molar-refractivity contribution is 9.10. The van der Waals surface area contributed by atoms with E-state index < -0.39 is 0 Å². The Bertz CT molecular complexity index is 436. The zero-order chi connectivity index (χ0) is 12.4. The molecule has 1 unspecified atom stereocenters. The van der Waals surface area contributed by atoms with E-state index in [1.807, 2.05) is 18.2 Å². The number of halogens is 1. The van der Waals surface area contributed by atoms with E-state index in [-0.39, 0.29) is 12.4 Å². The molecule has 1 aromatic carbocycles. The SMILES string of the molecule is N=C(N)c1c(Br)cccc1N1CCC(CO)C1. The maximum absolute atomic E-state index is 9.16. The second kappa shape index (κ2) is 5.06. The van der Waals surface area contributed by atoms with Gasteiger partial charge in [0, 0.05) is 35.8 Å². The van der Waals surface area contributed by atoms with Gasteiger partial charge in [-0.1, -0.05) is 6.07 Å². The van der Waals surface area contributed by atoms with E-state index in [0.717, 1.165) is 35.2 Å². The van der Waals surface area contributed by atoms with Crippen molar-refractivity contribution in [2.45, 2.75) is 6.42 Å². The number of rotatable bonds is 3. The van der Waals surface area contributed by atoms with Crippen molar-refractivity contribution in [1.82, 2.24) is 0 Å². The van der Waals surface area contributed by atoms with Crippen LogP contribution in [0, 0.1) is 11.3 Å². The number of benzene rings is 1. The van der Waals surface area contributed by atoms with Gasteiger partial charge in [-0.3, -0.25) is 5.41 Å². The van der Waals surface area contributed by atoms with Gasteiger partial charge in [0.2, 0.25) is 0 Å². The summed E-state index contributed by atoms with van der Waals surface area (Å²) < 4.78 is 0.843. The minimum absolute atomic E-state index is 0.0694. The van der Waals surface area contributed by atoms with Crippen LogP contribution < -0.4 is 10.6 Å². The molecule has 1 atom stereocenters. The van der Waals surface area contributed by atoms with Crippen LogP contribution in [0.15, 0.2) is 22.7 Å². The molecule has 17 heavy (non-hydrogen) atoms. The highest BCUT2D eigenvalue weighted by Crippen LogP contribution is 2.31. The zero-order valence-corrected chi connectivity index (χ0v) is 11.1. The molecule has 0 bridgehead atoms. The van der Waals surface area contributed by atoms with Gasteiger partial charge >= 0.3 is 0 Å². The Hall–Kier alpha value is -1.07. The summed E-state index contributed by atoms with van der Waals surface area (Å²) in [4.78, 5) is 2.18. The third-order valence-corrected chi connectivity index (χ3v) is 3.81. The quantitative estimate of drug-likeness (QED) is 0.585. The lowest BCUT2D eigenvalue weighted by molar-refractivity contribution is 0.238. The fourth-order valence-electron chi connectivity index (χ4n) is 2.24. The lowest BCUT2D eigenvalue weighted by Crippen LogP contribution is -2.25. The first-order valence-electron chi connectivity index (χ1n) is 5.62. The minimum atomic E-state index is 0.0694. The van der Waals surface area contributed by atoms with Crippen molar-refractivity contribution in [2.75, 3.05) is 24.6 Å². The Labute approximate surface area is 109 Å². The topological polar surface area (TPSA) is 73.3 Å².